The molecule has 0 amide bonds. The lowest BCUT2D eigenvalue weighted by Gasteiger charge is -2.33. The van der Waals surface area contributed by atoms with Crippen LogP contribution in [0.5, 0.6) is 0 Å². The molecule has 9 heteroatoms. The number of nitrogens with two attached hydrogens (primary N) is 1. The molecule has 1 saturated heterocycles. The molecule has 156 valence electrons. The summed E-state index contributed by atoms with van der Waals surface area (Å²) >= 11 is 0. The van der Waals surface area contributed by atoms with Crippen molar-refractivity contribution in [1.29, 1.82) is 0 Å². The fourth-order valence-corrected chi connectivity index (χ4v) is 3.58. The maximum atomic E-state index is 11.6. The fraction of sp³-hybridized carbons (Fsp3) is 0.333. The Morgan fingerprint density at radius 2 is 1.87 bits per heavy atom. The first-order chi connectivity index (χ1) is 14.5. The summed E-state index contributed by atoms with van der Waals surface area (Å²) in [6, 6.07) is 12.0. The highest BCUT2D eigenvalue weighted by atomic mass is 16.1. The van der Waals surface area contributed by atoms with Crippen LogP contribution < -0.4 is 26.4 Å². The van der Waals surface area contributed by atoms with Gasteiger partial charge in [-0.15, -0.1) is 0 Å². The smallest absolute Gasteiger partial charge is 0.254 e. The van der Waals surface area contributed by atoms with E-state index >= 15 is 0 Å². The summed E-state index contributed by atoms with van der Waals surface area (Å²) in [6.45, 7) is 1.55. The maximum Gasteiger partial charge on any atom is 0.254 e. The monoisotopic (exact) mass is 406 g/mol. The standard InChI is InChI=1S/C21H26N8O/c1-28(2)16-5-3-14(4-6-16)17-7-10-23-21(25-17)24-15-8-11-29(12-9-15)18-13-19(30)27-20(22)26-18/h3-7,10,13,15H,8-9,11-12H2,1-2H3,(H,23,24,25)(H3,22,26,27,30). The highest BCUT2D eigenvalue weighted by Gasteiger charge is 2.21. The first-order valence-corrected chi connectivity index (χ1v) is 9.97. The molecule has 1 aliphatic heterocycles. The van der Waals surface area contributed by atoms with Gasteiger partial charge in [-0.1, -0.05) is 12.1 Å². The number of nitrogens with zero attached hydrogens (tertiary/aromatic N) is 5. The van der Waals surface area contributed by atoms with Crippen LogP contribution in [0, 0.1) is 0 Å². The molecule has 0 unspecified atom stereocenters. The molecule has 4 rings (SSSR count). The molecule has 3 aromatic rings. The second-order valence-electron chi connectivity index (χ2n) is 7.60. The van der Waals surface area contributed by atoms with Crippen LogP contribution in [-0.4, -0.2) is 53.2 Å². The van der Waals surface area contributed by atoms with Gasteiger partial charge in [0, 0.05) is 56.7 Å². The van der Waals surface area contributed by atoms with Gasteiger partial charge in [0.25, 0.3) is 5.56 Å². The average molecular weight is 406 g/mol. The van der Waals surface area contributed by atoms with Crippen molar-refractivity contribution in [2.75, 3.05) is 48.0 Å². The molecule has 0 atom stereocenters. The molecule has 1 fully saturated rings. The summed E-state index contributed by atoms with van der Waals surface area (Å²) in [5.74, 6) is 1.39. The summed E-state index contributed by atoms with van der Waals surface area (Å²) in [5.41, 5.74) is 8.51. The molecule has 0 bridgehead atoms. The molecule has 0 aliphatic carbocycles. The van der Waals surface area contributed by atoms with Gasteiger partial charge in [0.1, 0.15) is 5.82 Å². The van der Waals surface area contributed by atoms with Crippen LogP contribution >= 0.6 is 0 Å². The number of hydrogen-bond acceptors (Lipinski definition) is 8. The first kappa shape index (κ1) is 19.7. The molecule has 0 spiro atoms. The predicted molar refractivity (Wildman–Crippen MR) is 120 cm³/mol. The van der Waals surface area contributed by atoms with Crippen LogP contribution in [0.1, 0.15) is 12.8 Å². The Labute approximate surface area is 175 Å². The van der Waals surface area contributed by atoms with Crippen molar-refractivity contribution in [3.8, 4) is 11.3 Å². The Hall–Kier alpha value is -3.62. The normalized spacial score (nSPS) is 14.5. The molecule has 1 aliphatic rings. The van der Waals surface area contributed by atoms with Crippen molar-refractivity contribution in [3.05, 3.63) is 52.9 Å². The average Bonchev–Trinajstić information content (AvgIpc) is 2.74. The summed E-state index contributed by atoms with van der Waals surface area (Å²) in [5, 5.41) is 3.45. The molecule has 4 N–H and O–H groups in total. The first-order valence-electron chi connectivity index (χ1n) is 9.97. The Bertz CT molecular complexity index is 1060. The van der Waals surface area contributed by atoms with Crippen molar-refractivity contribution < 1.29 is 0 Å². The van der Waals surface area contributed by atoms with Crippen LogP contribution in [0.2, 0.25) is 0 Å². The van der Waals surface area contributed by atoms with Gasteiger partial charge < -0.3 is 20.9 Å². The Kier molecular flexibility index (Phi) is 5.51. The van der Waals surface area contributed by atoms with Gasteiger partial charge in [-0.05, 0) is 31.0 Å². The molecule has 30 heavy (non-hydrogen) atoms. The third kappa shape index (κ3) is 4.51. The number of piperidine rings is 1. The third-order valence-corrected chi connectivity index (χ3v) is 5.23. The second kappa shape index (κ2) is 8.40. The number of H-pyrrole nitrogens is 1. The van der Waals surface area contributed by atoms with E-state index in [1.54, 1.807) is 6.20 Å². The van der Waals surface area contributed by atoms with Crippen molar-refractivity contribution in [1.82, 2.24) is 19.9 Å². The lowest BCUT2D eigenvalue weighted by atomic mass is 10.1. The largest absolute Gasteiger partial charge is 0.378 e. The number of hydrogen-bond donors (Lipinski definition) is 3. The van der Waals surface area contributed by atoms with Crippen LogP contribution in [0.3, 0.4) is 0 Å². The maximum absolute atomic E-state index is 11.6. The quantitative estimate of drug-likeness (QED) is 0.589. The Morgan fingerprint density at radius 3 is 2.53 bits per heavy atom. The van der Waals surface area contributed by atoms with E-state index in [9.17, 15) is 4.79 Å². The zero-order chi connectivity index (χ0) is 21.1. The van der Waals surface area contributed by atoms with Crippen molar-refractivity contribution in [2.24, 2.45) is 0 Å². The summed E-state index contributed by atoms with van der Waals surface area (Å²) in [7, 11) is 4.04. The van der Waals surface area contributed by atoms with Crippen molar-refractivity contribution >= 4 is 23.4 Å². The van der Waals surface area contributed by atoms with Gasteiger partial charge >= 0.3 is 0 Å². The van der Waals surface area contributed by atoms with Crippen LogP contribution in [0.4, 0.5) is 23.4 Å². The Balaban J connectivity index is 1.39. The van der Waals surface area contributed by atoms with Gasteiger partial charge in [0.15, 0.2) is 0 Å². The minimum atomic E-state index is -0.235. The number of benzene rings is 1. The number of rotatable bonds is 5. The molecule has 3 heterocycles. The zero-order valence-corrected chi connectivity index (χ0v) is 17.2. The highest BCUT2D eigenvalue weighted by Crippen LogP contribution is 2.23. The van der Waals surface area contributed by atoms with E-state index in [0.29, 0.717) is 11.8 Å². The second-order valence-corrected chi connectivity index (χ2v) is 7.60. The van der Waals surface area contributed by atoms with E-state index in [1.807, 2.05) is 20.2 Å². The topological polar surface area (TPSA) is 116 Å². The fourth-order valence-electron chi connectivity index (χ4n) is 3.58. The van der Waals surface area contributed by atoms with Gasteiger partial charge in [-0.25, -0.2) is 9.97 Å². The number of aromatic amines is 1. The summed E-state index contributed by atoms with van der Waals surface area (Å²) < 4.78 is 0. The van der Waals surface area contributed by atoms with Gasteiger partial charge in [-0.2, -0.15) is 4.98 Å². The van der Waals surface area contributed by atoms with Gasteiger partial charge in [0.05, 0.1) is 5.69 Å². The SMILES string of the molecule is CN(C)c1ccc(-c2ccnc(NC3CCN(c4cc(=O)[nH]c(N)n4)CC3)n2)cc1. The number of aromatic nitrogens is 4. The number of nitrogen functional groups attached to an aromatic ring is 1. The van der Waals surface area contributed by atoms with E-state index in [-0.39, 0.29) is 17.5 Å². The lowest BCUT2D eigenvalue weighted by Crippen LogP contribution is -2.40. The summed E-state index contributed by atoms with van der Waals surface area (Å²) in [6.07, 6.45) is 3.56. The van der Waals surface area contributed by atoms with E-state index in [1.165, 1.54) is 6.07 Å². The molecule has 2 aromatic heterocycles. The van der Waals surface area contributed by atoms with Gasteiger partial charge in [0.2, 0.25) is 11.9 Å². The zero-order valence-electron chi connectivity index (χ0n) is 17.2. The molecule has 9 nitrogen and oxygen atoms in total. The predicted octanol–water partition coefficient (Wildman–Crippen LogP) is 1.96. The van der Waals surface area contributed by atoms with Gasteiger partial charge in [-0.3, -0.25) is 9.78 Å². The summed E-state index contributed by atoms with van der Waals surface area (Å²) in [4.78, 5) is 31.5. The van der Waals surface area contributed by atoms with E-state index in [2.05, 4.69) is 59.3 Å². The third-order valence-electron chi connectivity index (χ3n) is 5.23. The van der Waals surface area contributed by atoms with Crippen LogP contribution in [0.25, 0.3) is 11.3 Å². The lowest BCUT2D eigenvalue weighted by molar-refractivity contribution is 0.521. The van der Waals surface area contributed by atoms with Crippen LogP contribution in [0.15, 0.2) is 47.4 Å². The molecule has 1 aromatic carbocycles. The van der Waals surface area contributed by atoms with E-state index in [4.69, 9.17) is 5.73 Å². The van der Waals surface area contributed by atoms with Crippen LogP contribution in [-0.2, 0) is 0 Å². The Morgan fingerprint density at radius 1 is 1.13 bits per heavy atom. The molecule has 0 radical (unpaired) electrons. The highest BCUT2D eigenvalue weighted by molar-refractivity contribution is 5.63. The van der Waals surface area contributed by atoms with Crippen molar-refractivity contribution in [3.63, 3.8) is 0 Å². The molecule has 0 saturated carbocycles. The van der Waals surface area contributed by atoms with E-state index < -0.39 is 0 Å². The number of anilines is 4. The number of nitrogens with one attached hydrogen (secondary N) is 2. The van der Waals surface area contributed by atoms with E-state index in [0.717, 1.165) is 42.9 Å². The van der Waals surface area contributed by atoms with Crippen molar-refractivity contribution in [2.45, 2.75) is 18.9 Å². The minimum Gasteiger partial charge on any atom is -0.378 e. The minimum absolute atomic E-state index is 0.140. The molecular formula is C21H26N8O. The molecular weight excluding hydrogens is 380 g/mol.